The van der Waals surface area contributed by atoms with Crippen molar-refractivity contribution in [2.75, 3.05) is 10.8 Å². The van der Waals surface area contributed by atoms with Gasteiger partial charge < -0.3 is 0 Å². The van der Waals surface area contributed by atoms with E-state index >= 15 is 0 Å². The predicted octanol–water partition coefficient (Wildman–Crippen LogP) is 5.53. The Morgan fingerprint density at radius 1 is 0.960 bits per heavy atom. The molecule has 0 aliphatic rings. The predicted molar refractivity (Wildman–Crippen MR) is 105 cm³/mol. The zero-order valence-electron chi connectivity index (χ0n) is 13.2. The van der Waals surface area contributed by atoms with Gasteiger partial charge in [0.05, 0.1) is 27.2 Å². The summed E-state index contributed by atoms with van der Waals surface area (Å²) >= 11 is 12.3. The first-order chi connectivity index (χ1) is 11.9. The number of halogens is 2. The third kappa shape index (κ3) is 3.38. The van der Waals surface area contributed by atoms with E-state index in [1.54, 1.807) is 36.4 Å². The Morgan fingerprint density at radius 2 is 1.68 bits per heavy atom. The van der Waals surface area contributed by atoms with Crippen molar-refractivity contribution in [3.05, 3.63) is 83.4 Å². The highest BCUT2D eigenvalue weighted by Crippen LogP contribution is 2.35. The van der Waals surface area contributed by atoms with Gasteiger partial charge in [0.1, 0.15) is 0 Å². The van der Waals surface area contributed by atoms with E-state index in [2.05, 4.69) is 6.58 Å². The standard InChI is InChI=1S/C19H15Cl2NO2S/c1-2-12-22(18-9-5-8-17(20)19(18)21)25(23,24)16-11-10-14-6-3-4-7-15(14)13-16/h2-11,13H,1,12H2. The molecule has 0 bridgehead atoms. The fourth-order valence-corrected chi connectivity index (χ4v) is 4.51. The zero-order chi connectivity index (χ0) is 18.0. The van der Waals surface area contributed by atoms with Gasteiger partial charge in [-0.15, -0.1) is 6.58 Å². The van der Waals surface area contributed by atoms with Crippen molar-refractivity contribution in [2.45, 2.75) is 4.90 Å². The third-order valence-corrected chi connectivity index (χ3v) is 6.39. The Morgan fingerprint density at radius 3 is 2.40 bits per heavy atom. The molecule has 0 fully saturated rings. The van der Waals surface area contributed by atoms with Crippen LogP contribution in [0.3, 0.4) is 0 Å². The molecular formula is C19H15Cl2NO2S. The molecule has 0 unspecified atom stereocenters. The van der Waals surface area contributed by atoms with Crippen LogP contribution in [-0.2, 0) is 10.0 Å². The molecule has 3 aromatic carbocycles. The fraction of sp³-hybridized carbons (Fsp3) is 0.0526. The average Bonchev–Trinajstić information content (AvgIpc) is 2.62. The molecule has 0 radical (unpaired) electrons. The van der Waals surface area contributed by atoms with E-state index in [-0.39, 0.29) is 16.5 Å². The first-order valence-corrected chi connectivity index (χ1v) is 9.71. The van der Waals surface area contributed by atoms with Crippen molar-refractivity contribution in [1.82, 2.24) is 0 Å². The number of benzene rings is 3. The molecule has 128 valence electrons. The number of rotatable bonds is 5. The van der Waals surface area contributed by atoms with Gasteiger partial charge in [0, 0.05) is 0 Å². The van der Waals surface area contributed by atoms with Crippen LogP contribution < -0.4 is 4.31 Å². The summed E-state index contributed by atoms with van der Waals surface area (Å²) in [7, 11) is -3.83. The lowest BCUT2D eigenvalue weighted by atomic mass is 10.1. The lowest BCUT2D eigenvalue weighted by Crippen LogP contribution is -2.31. The maximum Gasteiger partial charge on any atom is 0.264 e. The van der Waals surface area contributed by atoms with Crippen LogP contribution in [0.5, 0.6) is 0 Å². The molecule has 25 heavy (non-hydrogen) atoms. The van der Waals surface area contributed by atoms with Crippen molar-refractivity contribution < 1.29 is 8.42 Å². The van der Waals surface area contributed by atoms with Gasteiger partial charge in [-0.05, 0) is 35.0 Å². The molecule has 0 heterocycles. The normalized spacial score (nSPS) is 11.4. The maximum atomic E-state index is 13.2. The molecule has 0 aromatic heterocycles. The molecule has 0 N–H and O–H groups in total. The molecule has 0 saturated carbocycles. The first-order valence-electron chi connectivity index (χ1n) is 7.51. The van der Waals surface area contributed by atoms with Gasteiger partial charge in [-0.3, -0.25) is 4.31 Å². The summed E-state index contributed by atoms with van der Waals surface area (Å²) in [5, 5.41) is 2.30. The average molecular weight is 392 g/mol. The monoisotopic (exact) mass is 391 g/mol. The van der Waals surface area contributed by atoms with E-state index in [1.807, 2.05) is 24.3 Å². The maximum absolute atomic E-state index is 13.2. The molecule has 3 rings (SSSR count). The van der Waals surface area contributed by atoms with Crippen LogP contribution in [0, 0.1) is 0 Å². The quantitative estimate of drug-likeness (QED) is 0.536. The Bertz CT molecular complexity index is 1050. The summed E-state index contributed by atoms with van der Waals surface area (Å²) in [5.74, 6) is 0. The van der Waals surface area contributed by atoms with Crippen LogP contribution in [0.2, 0.25) is 10.0 Å². The van der Waals surface area contributed by atoms with Crippen LogP contribution in [-0.4, -0.2) is 15.0 Å². The Labute approximate surface area is 157 Å². The van der Waals surface area contributed by atoms with Gasteiger partial charge in [0.2, 0.25) is 0 Å². The van der Waals surface area contributed by atoms with Gasteiger partial charge in [-0.2, -0.15) is 0 Å². The van der Waals surface area contributed by atoms with Gasteiger partial charge >= 0.3 is 0 Å². The second-order valence-corrected chi connectivity index (χ2v) is 8.05. The highest BCUT2D eigenvalue weighted by atomic mass is 35.5. The number of sulfonamides is 1. The van der Waals surface area contributed by atoms with Gasteiger partial charge in [0.15, 0.2) is 0 Å². The van der Waals surface area contributed by atoms with E-state index in [0.717, 1.165) is 10.8 Å². The van der Waals surface area contributed by atoms with Gasteiger partial charge in [-0.25, -0.2) is 8.42 Å². The minimum Gasteiger partial charge on any atom is -0.261 e. The molecule has 3 nitrogen and oxygen atoms in total. The highest BCUT2D eigenvalue weighted by molar-refractivity contribution is 7.92. The molecule has 0 amide bonds. The molecule has 3 aromatic rings. The molecule has 0 atom stereocenters. The minimum atomic E-state index is -3.83. The lowest BCUT2D eigenvalue weighted by molar-refractivity contribution is 0.593. The molecule has 0 saturated heterocycles. The Kier molecular flexibility index (Phi) is 5.04. The summed E-state index contributed by atoms with van der Waals surface area (Å²) in [5.41, 5.74) is 0.322. The first kappa shape index (κ1) is 17.8. The minimum absolute atomic E-state index is 0.0786. The number of fused-ring (bicyclic) bond motifs is 1. The third-order valence-electron chi connectivity index (χ3n) is 3.80. The van der Waals surface area contributed by atoms with Crippen molar-refractivity contribution in [2.24, 2.45) is 0 Å². The largest absolute Gasteiger partial charge is 0.264 e. The zero-order valence-corrected chi connectivity index (χ0v) is 15.5. The molecule has 6 heteroatoms. The summed E-state index contributed by atoms with van der Waals surface area (Å²) in [6, 6.07) is 17.5. The van der Waals surface area contributed by atoms with E-state index in [0.29, 0.717) is 10.7 Å². The molecular weight excluding hydrogens is 377 g/mol. The van der Waals surface area contributed by atoms with E-state index in [9.17, 15) is 8.42 Å². The van der Waals surface area contributed by atoms with Crippen LogP contribution in [0.1, 0.15) is 0 Å². The molecule has 0 aliphatic heterocycles. The second kappa shape index (κ2) is 7.08. The topological polar surface area (TPSA) is 37.4 Å². The number of hydrogen-bond acceptors (Lipinski definition) is 2. The number of hydrogen-bond donors (Lipinski definition) is 0. The van der Waals surface area contributed by atoms with Gasteiger partial charge in [0.25, 0.3) is 10.0 Å². The number of nitrogens with zero attached hydrogens (tertiary/aromatic N) is 1. The second-order valence-electron chi connectivity index (χ2n) is 5.41. The fourth-order valence-electron chi connectivity index (χ4n) is 2.58. The molecule has 0 spiro atoms. The lowest BCUT2D eigenvalue weighted by Gasteiger charge is -2.24. The van der Waals surface area contributed by atoms with Crippen LogP contribution in [0.25, 0.3) is 10.8 Å². The summed E-state index contributed by atoms with van der Waals surface area (Å²) in [6.07, 6.45) is 1.51. The van der Waals surface area contributed by atoms with Gasteiger partial charge in [-0.1, -0.05) is 65.7 Å². The summed E-state index contributed by atoms with van der Waals surface area (Å²) in [6.45, 7) is 3.73. The van der Waals surface area contributed by atoms with Crippen molar-refractivity contribution in [3.8, 4) is 0 Å². The van der Waals surface area contributed by atoms with Crippen LogP contribution in [0.4, 0.5) is 5.69 Å². The van der Waals surface area contributed by atoms with Crippen molar-refractivity contribution >= 4 is 49.7 Å². The van der Waals surface area contributed by atoms with Crippen molar-refractivity contribution in [3.63, 3.8) is 0 Å². The Balaban J connectivity index is 2.16. The Hall–Kier alpha value is -2.01. The van der Waals surface area contributed by atoms with Crippen LogP contribution in [0.15, 0.2) is 78.2 Å². The van der Waals surface area contributed by atoms with Crippen molar-refractivity contribution in [1.29, 1.82) is 0 Å². The smallest absolute Gasteiger partial charge is 0.261 e. The highest BCUT2D eigenvalue weighted by Gasteiger charge is 2.26. The van der Waals surface area contributed by atoms with Crippen LogP contribution >= 0.6 is 23.2 Å². The SMILES string of the molecule is C=CCN(c1cccc(Cl)c1Cl)S(=O)(=O)c1ccc2ccccc2c1. The summed E-state index contributed by atoms with van der Waals surface area (Å²) < 4.78 is 27.6. The molecule has 0 aliphatic carbocycles. The van der Waals surface area contributed by atoms with E-state index in [1.165, 1.54) is 10.4 Å². The van der Waals surface area contributed by atoms with E-state index < -0.39 is 10.0 Å². The van der Waals surface area contributed by atoms with E-state index in [4.69, 9.17) is 23.2 Å². The summed E-state index contributed by atoms with van der Waals surface area (Å²) in [4.78, 5) is 0.184. The number of anilines is 1.